The van der Waals surface area contributed by atoms with Gasteiger partial charge in [-0.05, 0) is 35.6 Å². The summed E-state index contributed by atoms with van der Waals surface area (Å²) in [7, 11) is 0. The highest BCUT2D eigenvalue weighted by molar-refractivity contribution is 7.14. The second-order valence-corrected chi connectivity index (χ2v) is 8.65. The number of thiophene rings is 1. The quantitative estimate of drug-likeness (QED) is 0.589. The van der Waals surface area contributed by atoms with Crippen LogP contribution >= 0.6 is 22.7 Å². The van der Waals surface area contributed by atoms with Crippen molar-refractivity contribution in [2.45, 2.75) is 25.8 Å². The number of aromatic nitrogens is 1. The van der Waals surface area contributed by atoms with Gasteiger partial charge in [0.1, 0.15) is 0 Å². The zero-order valence-corrected chi connectivity index (χ0v) is 17.7. The lowest BCUT2D eigenvalue weighted by Gasteiger charge is -2.16. The summed E-state index contributed by atoms with van der Waals surface area (Å²) in [5.41, 5.74) is 2.47. The van der Waals surface area contributed by atoms with Crippen LogP contribution in [-0.4, -0.2) is 29.3 Å². The molecule has 0 saturated carbocycles. The van der Waals surface area contributed by atoms with Gasteiger partial charge in [-0.1, -0.05) is 18.2 Å². The van der Waals surface area contributed by atoms with Crippen LogP contribution in [0.4, 0.5) is 10.8 Å². The fourth-order valence-electron chi connectivity index (χ4n) is 3.15. The zero-order chi connectivity index (χ0) is 20.9. The number of amides is 3. The Balaban J connectivity index is 1.25. The Kier molecular flexibility index (Phi) is 6.20. The molecule has 2 aromatic heterocycles. The fraction of sp³-hybridized carbons (Fsp3) is 0.238. The number of carbonyl (C=O) groups is 3. The van der Waals surface area contributed by atoms with Gasteiger partial charge in [0.2, 0.25) is 11.8 Å². The maximum atomic E-state index is 12.2. The Morgan fingerprint density at radius 1 is 1.13 bits per heavy atom. The molecule has 3 heterocycles. The first-order chi connectivity index (χ1) is 14.6. The first-order valence-electron chi connectivity index (χ1n) is 9.54. The number of nitrogens with one attached hydrogen (secondary N) is 2. The molecular formula is C21H20N4O3S2. The molecule has 7 nitrogen and oxygen atoms in total. The Hall–Kier alpha value is -3.04. The van der Waals surface area contributed by atoms with Crippen molar-refractivity contribution in [3.8, 4) is 0 Å². The third kappa shape index (κ3) is 4.92. The second kappa shape index (κ2) is 9.19. The van der Waals surface area contributed by atoms with E-state index in [0.717, 1.165) is 24.2 Å². The van der Waals surface area contributed by atoms with Crippen LogP contribution in [0.25, 0.3) is 0 Å². The minimum Gasteiger partial charge on any atom is -0.352 e. The van der Waals surface area contributed by atoms with E-state index in [1.54, 1.807) is 16.3 Å². The molecule has 0 unspecified atom stereocenters. The lowest BCUT2D eigenvalue weighted by molar-refractivity contribution is -0.120. The van der Waals surface area contributed by atoms with Crippen molar-refractivity contribution >= 4 is 51.2 Å². The van der Waals surface area contributed by atoms with Crippen molar-refractivity contribution in [3.05, 3.63) is 63.3 Å². The van der Waals surface area contributed by atoms with E-state index in [2.05, 4.69) is 15.6 Å². The lowest BCUT2D eigenvalue weighted by atomic mass is 10.2. The smallest absolute Gasteiger partial charge is 0.267 e. The molecule has 3 aromatic rings. The predicted octanol–water partition coefficient (Wildman–Crippen LogP) is 3.44. The van der Waals surface area contributed by atoms with Crippen molar-refractivity contribution in [1.82, 2.24) is 10.3 Å². The standard InChI is InChI=1S/C21H20N4O3S2/c26-18(11-15-13-30-21(23-15)24-20(28)17-3-2-10-29-17)22-12-14-5-7-16(8-6-14)25-9-1-4-19(25)27/h2-3,5-8,10,13H,1,4,9,11-12H2,(H,22,26)(H,23,24,28). The molecule has 1 aliphatic rings. The minimum atomic E-state index is -0.200. The minimum absolute atomic E-state index is 0.143. The molecule has 154 valence electrons. The summed E-state index contributed by atoms with van der Waals surface area (Å²) in [4.78, 5) is 42.8. The Morgan fingerprint density at radius 3 is 2.67 bits per heavy atom. The van der Waals surface area contributed by atoms with Crippen LogP contribution in [-0.2, 0) is 22.6 Å². The van der Waals surface area contributed by atoms with E-state index in [4.69, 9.17) is 0 Å². The summed E-state index contributed by atoms with van der Waals surface area (Å²) in [5.74, 6) is -0.185. The largest absolute Gasteiger partial charge is 0.352 e. The molecule has 0 atom stereocenters. The van der Waals surface area contributed by atoms with Crippen molar-refractivity contribution in [2.75, 3.05) is 16.8 Å². The van der Waals surface area contributed by atoms with Gasteiger partial charge in [0.05, 0.1) is 17.0 Å². The Labute approximate surface area is 181 Å². The highest BCUT2D eigenvalue weighted by atomic mass is 32.1. The van der Waals surface area contributed by atoms with Gasteiger partial charge in [-0.2, -0.15) is 0 Å². The van der Waals surface area contributed by atoms with Crippen LogP contribution < -0.4 is 15.5 Å². The van der Waals surface area contributed by atoms with Crippen molar-refractivity contribution in [3.63, 3.8) is 0 Å². The number of thiazole rings is 1. The number of hydrogen-bond donors (Lipinski definition) is 2. The number of hydrogen-bond acceptors (Lipinski definition) is 6. The maximum absolute atomic E-state index is 12.2. The third-order valence-corrected chi connectivity index (χ3v) is 6.35. The summed E-state index contributed by atoms with van der Waals surface area (Å²) < 4.78 is 0. The molecule has 4 rings (SSSR count). The van der Waals surface area contributed by atoms with E-state index < -0.39 is 0 Å². The molecule has 0 aliphatic carbocycles. The van der Waals surface area contributed by atoms with E-state index >= 15 is 0 Å². The molecule has 3 amide bonds. The number of rotatable bonds is 7. The van der Waals surface area contributed by atoms with Gasteiger partial charge in [-0.15, -0.1) is 22.7 Å². The molecule has 0 spiro atoms. The Morgan fingerprint density at radius 2 is 1.97 bits per heavy atom. The molecule has 30 heavy (non-hydrogen) atoms. The third-order valence-electron chi connectivity index (χ3n) is 4.67. The average molecular weight is 441 g/mol. The van der Waals surface area contributed by atoms with Gasteiger partial charge >= 0.3 is 0 Å². The van der Waals surface area contributed by atoms with Gasteiger partial charge < -0.3 is 10.2 Å². The zero-order valence-electron chi connectivity index (χ0n) is 16.1. The summed E-state index contributed by atoms with van der Waals surface area (Å²) in [5, 5.41) is 9.71. The highest BCUT2D eigenvalue weighted by Gasteiger charge is 2.21. The average Bonchev–Trinajstić information content (AvgIpc) is 3.49. The van der Waals surface area contributed by atoms with Gasteiger partial charge in [-0.3, -0.25) is 19.7 Å². The Bertz CT molecular complexity index is 1040. The van der Waals surface area contributed by atoms with Crippen LogP contribution in [0.1, 0.15) is 33.8 Å². The van der Waals surface area contributed by atoms with E-state index in [1.165, 1.54) is 22.7 Å². The molecular weight excluding hydrogens is 420 g/mol. The molecule has 1 aliphatic heterocycles. The molecule has 0 bridgehead atoms. The van der Waals surface area contributed by atoms with E-state index in [0.29, 0.717) is 28.7 Å². The van der Waals surface area contributed by atoms with E-state index in [-0.39, 0.29) is 24.1 Å². The van der Waals surface area contributed by atoms with E-state index in [9.17, 15) is 14.4 Å². The van der Waals surface area contributed by atoms with Gasteiger partial charge in [0.25, 0.3) is 5.91 Å². The van der Waals surface area contributed by atoms with E-state index in [1.807, 2.05) is 35.7 Å². The summed E-state index contributed by atoms with van der Waals surface area (Å²) in [6, 6.07) is 11.2. The first kappa shape index (κ1) is 20.2. The molecule has 1 fully saturated rings. The SMILES string of the molecule is O=C(Cc1csc(NC(=O)c2cccs2)n1)NCc1ccc(N2CCCC2=O)cc1. The van der Waals surface area contributed by atoms with Gasteiger partial charge in [0, 0.05) is 30.6 Å². The van der Waals surface area contributed by atoms with Gasteiger partial charge in [-0.25, -0.2) is 4.98 Å². The fourth-order valence-corrected chi connectivity index (χ4v) is 4.48. The summed E-state index contributed by atoms with van der Waals surface area (Å²) in [6.45, 7) is 1.16. The van der Waals surface area contributed by atoms with Crippen molar-refractivity contribution in [1.29, 1.82) is 0 Å². The predicted molar refractivity (Wildman–Crippen MR) is 118 cm³/mol. The summed E-state index contributed by atoms with van der Waals surface area (Å²) in [6.07, 6.45) is 1.65. The molecule has 1 saturated heterocycles. The summed E-state index contributed by atoms with van der Waals surface area (Å²) >= 11 is 2.66. The van der Waals surface area contributed by atoms with Crippen LogP contribution in [0.3, 0.4) is 0 Å². The molecule has 1 aromatic carbocycles. The topological polar surface area (TPSA) is 91.4 Å². The van der Waals surface area contributed by atoms with Crippen LogP contribution in [0.5, 0.6) is 0 Å². The molecule has 2 N–H and O–H groups in total. The second-order valence-electron chi connectivity index (χ2n) is 6.84. The van der Waals surface area contributed by atoms with Crippen LogP contribution in [0.15, 0.2) is 47.2 Å². The van der Waals surface area contributed by atoms with Crippen LogP contribution in [0, 0.1) is 0 Å². The van der Waals surface area contributed by atoms with Crippen molar-refractivity contribution < 1.29 is 14.4 Å². The number of benzene rings is 1. The first-order valence-corrected chi connectivity index (χ1v) is 11.3. The molecule has 9 heteroatoms. The normalized spacial score (nSPS) is 13.5. The number of anilines is 2. The number of nitrogens with zero attached hydrogens (tertiary/aromatic N) is 2. The van der Waals surface area contributed by atoms with Crippen LogP contribution in [0.2, 0.25) is 0 Å². The van der Waals surface area contributed by atoms with Gasteiger partial charge in [0.15, 0.2) is 5.13 Å². The maximum Gasteiger partial charge on any atom is 0.267 e. The monoisotopic (exact) mass is 440 g/mol. The van der Waals surface area contributed by atoms with Crippen molar-refractivity contribution in [2.24, 2.45) is 0 Å². The lowest BCUT2D eigenvalue weighted by Crippen LogP contribution is -2.25. The molecule has 0 radical (unpaired) electrons. The highest BCUT2D eigenvalue weighted by Crippen LogP contribution is 2.22. The number of carbonyl (C=O) groups excluding carboxylic acids is 3.